The van der Waals surface area contributed by atoms with Gasteiger partial charge in [-0.15, -0.1) is 0 Å². The monoisotopic (exact) mass is 424 g/mol. The number of fused-ring (bicyclic) bond motifs is 1. The van der Waals surface area contributed by atoms with Crippen LogP contribution in [0.5, 0.6) is 0 Å². The van der Waals surface area contributed by atoms with E-state index >= 15 is 0 Å². The van der Waals surface area contributed by atoms with Crippen LogP contribution in [0.25, 0.3) is 11.0 Å². The SMILES string of the molecule is COC(=O)OC/C=C/CN(Cc1ccccc1)C(=O)c1nc2ccc([N+](=O)[O-])cc2[nH]1. The van der Waals surface area contributed by atoms with Gasteiger partial charge in [0, 0.05) is 25.2 Å². The predicted molar refractivity (Wildman–Crippen MR) is 111 cm³/mol. The number of benzene rings is 2. The molecule has 0 bridgehead atoms. The topological polar surface area (TPSA) is 128 Å². The number of carbonyl (C=O) groups is 2. The number of hydrogen-bond acceptors (Lipinski definition) is 7. The number of imidazole rings is 1. The van der Waals surface area contributed by atoms with Gasteiger partial charge in [-0.3, -0.25) is 14.9 Å². The van der Waals surface area contributed by atoms with Crippen molar-refractivity contribution < 1.29 is 24.0 Å². The van der Waals surface area contributed by atoms with Gasteiger partial charge in [0.1, 0.15) is 6.61 Å². The van der Waals surface area contributed by atoms with E-state index in [9.17, 15) is 19.7 Å². The molecular formula is C21H20N4O6. The second-order valence-electron chi connectivity index (χ2n) is 6.45. The Kier molecular flexibility index (Phi) is 6.94. The molecule has 0 spiro atoms. The van der Waals surface area contributed by atoms with E-state index in [1.54, 1.807) is 17.1 Å². The highest BCUT2D eigenvalue weighted by Gasteiger charge is 2.20. The van der Waals surface area contributed by atoms with Crippen LogP contribution in [-0.2, 0) is 16.0 Å². The Balaban J connectivity index is 1.79. The van der Waals surface area contributed by atoms with Crippen molar-refractivity contribution in [3.8, 4) is 0 Å². The summed E-state index contributed by atoms with van der Waals surface area (Å²) in [7, 11) is 1.22. The number of nitrogens with zero attached hydrogens (tertiary/aromatic N) is 3. The van der Waals surface area contributed by atoms with E-state index in [0.717, 1.165) is 5.56 Å². The number of nitrogens with one attached hydrogen (secondary N) is 1. The molecule has 0 aliphatic carbocycles. The van der Waals surface area contributed by atoms with E-state index < -0.39 is 11.1 Å². The fourth-order valence-corrected chi connectivity index (χ4v) is 2.83. The van der Waals surface area contributed by atoms with Gasteiger partial charge in [0.2, 0.25) is 0 Å². The summed E-state index contributed by atoms with van der Waals surface area (Å²) >= 11 is 0. The number of rotatable bonds is 8. The Hall–Kier alpha value is -4.21. The predicted octanol–water partition coefficient (Wildman–Crippen LogP) is 3.45. The zero-order valence-electron chi connectivity index (χ0n) is 16.7. The molecule has 0 aliphatic rings. The number of non-ortho nitro benzene ring substituents is 1. The van der Waals surface area contributed by atoms with E-state index in [1.165, 1.54) is 25.3 Å². The largest absolute Gasteiger partial charge is 0.508 e. The Morgan fingerprint density at radius 1 is 1.19 bits per heavy atom. The van der Waals surface area contributed by atoms with Crippen molar-refractivity contribution in [2.24, 2.45) is 0 Å². The molecule has 3 rings (SSSR count). The molecule has 31 heavy (non-hydrogen) atoms. The van der Waals surface area contributed by atoms with Crippen molar-refractivity contribution in [3.05, 3.63) is 82.2 Å². The zero-order valence-corrected chi connectivity index (χ0v) is 16.7. The third-order valence-corrected chi connectivity index (χ3v) is 4.34. The lowest BCUT2D eigenvalue weighted by molar-refractivity contribution is -0.384. The summed E-state index contributed by atoms with van der Waals surface area (Å²) in [6.45, 7) is 0.558. The molecule has 160 valence electrons. The Labute approximate surface area is 177 Å². The molecule has 3 aromatic rings. The molecule has 2 aromatic carbocycles. The van der Waals surface area contributed by atoms with Gasteiger partial charge < -0.3 is 19.4 Å². The quantitative estimate of drug-likeness (QED) is 0.254. The molecule has 0 saturated heterocycles. The summed E-state index contributed by atoms with van der Waals surface area (Å²) in [6.07, 6.45) is 2.50. The third-order valence-electron chi connectivity index (χ3n) is 4.34. The molecule has 0 atom stereocenters. The van der Waals surface area contributed by atoms with E-state index in [-0.39, 0.29) is 30.6 Å². The van der Waals surface area contributed by atoms with E-state index in [2.05, 4.69) is 14.7 Å². The first-order valence-corrected chi connectivity index (χ1v) is 9.31. The van der Waals surface area contributed by atoms with Gasteiger partial charge in [-0.1, -0.05) is 36.4 Å². The van der Waals surface area contributed by atoms with Crippen molar-refractivity contribution in [1.82, 2.24) is 14.9 Å². The van der Waals surface area contributed by atoms with Gasteiger partial charge in [-0.25, -0.2) is 9.78 Å². The van der Waals surface area contributed by atoms with Crippen LogP contribution in [0.1, 0.15) is 16.2 Å². The van der Waals surface area contributed by atoms with Crippen LogP contribution in [0.3, 0.4) is 0 Å². The summed E-state index contributed by atoms with van der Waals surface area (Å²) in [5, 5.41) is 11.0. The molecule has 0 radical (unpaired) electrons. The number of aromatic amines is 1. The minimum atomic E-state index is -0.793. The summed E-state index contributed by atoms with van der Waals surface area (Å²) in [6, 6.07) is 13.6. The van der Waals surface area contributed by atoms with Gasteiger partial charge in [-0.2, -0.15) is 0 Å². The van der Waals surface area contributed by atoms with Crippen LogP contribution in [0.15, 0.2) is 60.7 Å². The fraction of sp³-hybridized carbons (Fsp3) is 0.190. The summed E-state index contributed by atoms with van der Waals surface area (Å²) < 4.78 is 9.17. The lowest BCUT2D eigenvalue weighted by atomic mass is 10.2. The molecule has 1 N–H and O–H groups in total. The van der Waals surface area contributed by atoms with E-state index in [0.29, 0.717) is 17.6 Å². The van der Waals surface area contributed by atoms with Gasteiger partial charge >= 0.3 is 6.16 Å². The maximum Gasteiger partial charge on any atom is 0.508 e. The molecule has 0 aliphatic heterocycles. The van der Waals surface area contributed by atoms with Crippen LogP contribution in [-0.4, -0.2) is 52.1 Å². The first-order valence-electron chi connectivity index (χ1n) is 9.31. The maximum absolute atomic E-state index is 13.1. The van der Waals surface area contributed by atoms with E-state index in [1.807, 2.05) is 30.3 Å². The molecule has 0 saturated carbocycles. The van der Waals surface area contributed by atoms with Gasteiger partial charge in [-0.05, 0) is 17.7 Å². The highest BCUT2D eigenvalue weighted by Crippen LogP contribution is 2.20. The minimum Gasteiger partial charge on any atom is -0.438 e. The van der Waals surface area contributed by atoms with Crippen LogP contribution in [0.2, 0.25) is 0 Å². The average molecular weight is 424 g/mol. The molecular weight excluding hydrogens is 404 g/mol. The summed E-state index contributed by atoms with van der Waals surface area (Å²) in [5.74, 6) is -0.299. The Bertz CT molecular complexity index is 1110. The van der Waals surface area contributed by atoms with Gasteiger partial charge in [0.25, 0.3) is 11.6 Å². The number of nitro groups is 1. The summed E-state index contributed by atoms with van der Waals surface area (Å²) in [4.78, 5) is 43.3. The molecule has 10 nitrogen and oxygen atoms in total. The van der Waals surface area contributed by atoms with Crippen molar-refractivity contribution in [1.29, 1.82) is 0 Å². The lowest BCUT2D eigenvalue weighted by Gasteiger charge is -2.20. The van der Waals surface area contributed by atoms with Crippen LogP contribution < -0.4 is 0 Å². The highest BCUT2D eigenvalue weighted by molar-refractivity contribution is 5.94. The Morgan fingerprint density at radius 3 is 2.68 bits per heavy atom. The maximum atomic E-state index is 13.1. The third kappa shape index (κ3) is 5.66. The standard InChI is InChI=1S/C21H20N4O6/c1-30-21(27)31-12-6-5-11-24(14-15-7-3-2-4-8-15)20(26)19-22-17-10-9-16(25(28)29)13-18(17)23-19/h2-10,13H,11-12,14H2,1H3,(H,22,23)/b6-5+. The average Bonchev–Trinajstić information content (AvgIpc) is 3.21. The molecule has 1 amide bonds. The van der Waals surface area contributed by atoms with Crippen molar-refractivity contribution in [2.45, 2.75) is 6.54 Å². The molecule has 1 aromatic heterocycles. The number of amides is 1. The van der Waals surface area contributed by atoms with Crippen molar-refractivity contribution in [3.63, 3.8) is 0 Å². The Morgan fingerprint density at radius 2 is 1.97 bits per heavy atom. The first kappa shape index (κ1) is 21.5. The van der Waals surface area contributed by atoms with Crippen molar-refractivity contribution >= 4 is 28.8 Å². The second kappa shape index (κ2) is 10.0. The smallest absolute Gasteiger partial charge is 0.438 e. The minimum absolute atomic E-state index is 0.00828. The lowest BCUT2D eigenvalue weighted by Crippen LogP contribution is -2.31. The molecule has 1 heterocycles. The second-order valence-corrected chi connectivity index (χ2v) is 6.45. The summed E-state index contributed by atoms with van der Waals surface area (Å²) in [5.41, 5.74) is 1.68. The van der Waals surface area contributed by atoms with E-state index in [4.69, 9.17) is 4.74 Å². The zero-order chi connectivity index (χ0) is 22.2. The van der Waals surface area contributed by atoms with Crippen molar-refractivity contribution in [2.75, 3.05) is 20.3 Å². The number of H-pyrrole nitrogens is 1. The first-order chi connectivity index (χ1) is 15.0. The normalized spacial score (nSPS) is 10.9. The van der Waals surface area contributed by atoms with Gasteiger partial charge in [0.15, 0.2) is 5.82 Å². The molecule has 0 unspecified atom stereocenters. The number of methoxy groups -OCH3 is 1. The number of ether oxygens (including phenoxy) is 2. The molecule has 10 heteroatoms. The molecule has 0 fully saturated rings. The number of hydrogen-bond donors (Lipinski definition) is 1. The van der Waals surface area contributed by atoms with Crippen LogP contribution in [0.4, 0.5) is 10.5 Å². The van der Waals surface area contributed by atoms with Crippen LogP contribution in [0, 0.1) is 10.1 Å². The number of carbonyl (C=O) groups excluding carboxylic acids is 2. The van der Waals surface area contributed by atoms with Crippen LogP contribution >= 0.6 is 0 Å². The number of aromatic nitrogens is 2. The highest BCUT2D eigenvalue weighted by atomic mass is 16.7. The van der Waals surface area contributed by atoms with Gasteiger partial charge in [0.05, 0.1) is 23.1 Å². The fourth-order valence-electron chi connectivity index (χ4n) is 2.83. The number of nitro benzene ring substituents is 1.